The van der Waals surface area contributed by atoms with Crippen molar-refractivity contribution < 1.29 is 9.90 Å². The molecule has 0 fully saturated rings. The molecule has 0 atom stereocenters. The Balaban J connectivity index is 0. The molecule has 0 spiro atoms. The lowest BCUT2D eigenvalue weighted by Gasteiger charge is -1.94. The number of halogens is 1. The molecule has 0 aliphatic heterocycles. The van der Waals surface area contributed by atoms with Crippen molar-refractivity contribution in [3.05, 3.63) is 0 Å². The van der Waals surface area contributed by atoms with Crippen molar-refractivity contribution in [2.75, 3.05) is 6.54 Å². The Kier molecular flexibility index (Phi) is 10.4. The van der Waals surface area contributed by atoms with Crippen LogP contribution in [0, 0.1) is 0 Å². The molecule has 0 bridgehead atoms. The topological polar surface area (TPSA) is 49.3 Å². The van der Waals surface area contributed by atoms with Crippen molar-refractivity contribution in [2.45, 2.75) is 19.8 Å². The highest BCUT2D eigenvalue weighted by molar-refractivity contribution is 14.0. The molecule has 0 heterocycles. The van der Waals surface area contributed by atoms with E-state index in [1.165, 1.54) is 0 Å². The van der Waals surface area contributed by atoms with Crippen LogP contribution in [0.1, 0.15) is 19.8 Å². The number of carbonyl (C=O) groups is 1. The van der Waals surface area contributed by atoms with Crippen LogP contribution in [-0.2, 0) is 0 Å². The molecule has 0 aromatic carbocycles. The number of rotatable bonds is 3. The van der Waals surface area contributed by atoms with Gasteiger partial charge in [0.15, 0.2) is 0 Å². The van der Waals surface area contributed by atoms with Crippen molar-refractivity contribution >= 4 is 30.1 Å². The zero-order chi connectivity index (χ0) is 6.41. The molecule has 0 unspecified atom stereocenters. The summed E-state index contributed by atoms with van der Waals surface area (Å²) in [6, 6.07) is 0. The lowest BCUT2D eigenvalue weighted by atomic mass is 10.3. The van der Waals surface area contributed by atoms with Gasteiger partial charge in [0.25, 0.3) is 0 Å². The third-order valence-electron chi connectivity index (χ3n) is 0.807. The van der Waals surface area contributed by atoms with Crippen molar-refractivity contribution in [1.29, 1.82) is 0 Å². The van der Waals surface area contributed by atoms with Crippen molar-refractivity contribution in [1.82, 2.24) is 5.32 Å². The average Bonchev–Trinajstić information content (AvgIpc) is 1.66. The Morgan fingerprint density at radius 1 is 1.67 bits per heavy atom. The Hall–Kier alpha value is 0. The average molecular weight is 245 g/mol. The molecule has 0 rings (SSSR count). The minimum Gasteiger partial charge on any atom is -0.465 e. The van der Waals surface area contributed by atoms with Gasteiger partial charge < -0.3 is 10.4 Å². The van der Waals surface area contributed by atoms with Crippen LogP contribution >= 0.6 is 24.0 Å². The fraction of sp³-hybridized carbons (Fsp3) is 0.800. The second-order valence-corrected chi connectivity index (χ2v) is 1.59. The van der Waals surface area contributed by atoms with Crippen LogP contribution in [0.4, 0.5) is 4.79 Å². The summed E-state index contributed by atoms with van der Waals surface area (Å²) in [4.78, 5) is 9.76. The minimum atomic E-state index is -0.932. The number of hydrogen-bond donors (Lipinski definition) is 2. The molecule has 0 aliphatic rings. The van der Waals surface area contributed by atoms with Crippen LogP contribution in [0.3, 0.4) is 0 Å². The maximum Gasteiger partial charge on any atom is 0.404 e. The number of carboxylic acid groups (broad SMARTS) is 1. The first-order valence-electron chi connectivity index (χ1n) is 2.74. The quantitative estimate of drug-likeness (QED) is 0.587. The fourth-order valence-electron chi connectivity index (χ4n) is 0.372. The summed E-state index contributed by atoms with van der Waals surface area (Å²) in [5, 5.41) is 10.3. The van der Waals surface area contributed by atoms with Gasteiger partial charge in [0.05, 0.1) is 0 Å². The van der Waals surface area contributed by atoms with Crippen LogP contribution < -0.4 is 5.32 Å². The SMILES string of the molecule is CCCCNC(=O)O.I. The molecule has 0 saturated heterocycles. The molecule has 1 amide bonds. The Morgan fingerprint density at radius 3 is 2.56 bits per heavy atom. The second-order valence-electron chi connectivity index (χ2n) is 1.59. The largest absolute Gasteiger partial charge is 0.465 e. The molecular weight excluding hydrogens is 233 g/mol. The lowest BCUT2D eigenvalue weighted by Crippen LogP contribution is -2.21. The Morgan fingerprint density at radius 2 is 2.22 bits per heavy atom. The van der Waals surface area contributed by atoms with Gasteiger partial charge in [0, 0.05) is 6.54 Å². The number of amides is 1. The zero-order valence-electron chi connectivity index (χ0n) is 5.39. The van der Waals surface area contributed by atoms with E-state index in [9.17, 15) is 4.79 Å². The van der Waals surface area contributed by atoms with Gasteiger partial charge >= 0.3 is 6.09 Å². The van der Waals surface area contributed by atoms with E-state index < -0.39 is 6.09 Å². The lowest BCUT2D eigenvalue weighted by molar-refractivity contribution is 0.194. The first-order valence-corrected chi connectivity index (χ1v) is 2.74. The highest BCUT2D eigenvalue weighted by Crippen LogP contribution is 1.80. The van der Waals surface area contributed by atoms with Crippen LogP contribution in [0.5, 0.6) is 0 Å². The molecule has 0 aromatic heterocycles. The summed E-state index contributed by atoms with van der Waals surface area (Å²) < 4.78 is 0. The maximum atomic E-state index is 9.76. The van der Waals surface area contributed by atoms with Crippen molar-refractivity contribution in [3.8, 4) is 0 Å². The first-order chi connectivity index (χ1) is 3.77. The smallest absolute Gasteiger partial charge is 0.404 e. The predicted molar refractivity (Wildman–Crippen MR) is 46.4 cm³/mol. The zero-order valence-corrected chi connectivity index (χ0v) is 7.72. The number of hydrogen-bond acceptors (Lipinski definition) is 1. The van der Waals surface area contributed by atoms with Gasteiger partial charge in [-0.05, 0) is 6.42 Å². The van der Waals surface area contributed by atoms with Crippen molar-refractivity contribution in [3.63, 3.8) is 0 Å². The van der Waals surface area contributed by atoms with Gasteiger partial charge in [0.1, 0.15) is 0 Å². The van der Waals surface area contributed by atoms with E-state index in [-0.39, 0.29) is 24.0 Å². The van der Waals surface area contributed by atoms with E-state index in [1.807, 2.05) is 6.92 Å². The number of nitrogens with one attached hydrogen (secondary N) is 1. The molecule has 0 aromatic rings. The fourth-order valence-corrected chi connectivity index (χ4v) is 0.372. The summed E-state index contributed by atoms with van der Waals surface area (Å²) in [7, 11) is 0. The van der Waals surface area contributed by atoms with Gasteiger partial charge in [-0.1, -0.05) is 13.3 Å². The summed E-state index contributed by atoms with van der Waals surface area (Å²) in [5.41, 5.74) is 0. The predicted octanol–water partition coefficient (Wildman–Crippen LogP) is 1.67. The van der Waals surface area contributed by atoms with E-state index in [0.717, 1.165) is 12.8 Å². The van der Waals surface area contributed by atoms with Gasteiger partial charge in [-0.15, -0.1) is 24.0 Å². The summed E-state index contributed by atoms with van der Waals surface area (Å²) in [6.45, 7) is 2.59. The molecule has 0 radical (unpaired) electrons. The third-order valence-corrected chi connectivity index (χ3v) is 0.807. The molecule has 4 heteroatoms. The van der Waals surface area contributed by atoms with E-state index in [4.69, 9.17) is 5.11 Å². The highest BCUT2D eigenvalue weighted by atomic mass is 127. The molecule has 3 nitrogen and oxygen atoms in total. The highest BCUT2D eigenvalue weighted by Gasteiger charge is 1.88. The first kappa shape index (κ1) is 11.8. The van der Waals surface area contributed by atoms with Crippen LogP contribution in [0.15, 0.2) is 0 Å². The van der Waals surface area contributed by atoms with Crippen molar-refractivity contribution in [2.24, 2.45) is 0 Å². The molecule has 2 N–H and O–H groups in total. The summed E-state index contributed by atoms with van der Waals surface area (Å²) >= 11 is 0. The number of unbranched alkanes of at least 4 members (excludes halogenated alkanes) is 1. The molecule has 0 aliphatic carbocycles. The Bertz CT molecular complexity index is 77.4. The van der Waals surface area contributed by atoms with E-state index in [1.54, 1.807) is 0 Å². The molecular formula is C5H12INO2. The standard InChI is InChI=1S/C5H11NO2.HI/c1-2-3-4-6-5(7)8;/h6H,2-4H2,1H3,(H,7,8);1H. The van der Waals surface area contributed by atoms with E-state index >= 15 is 0 Å². The monoisotopic (exact) mass is 245 g/mol. The molecule has 9 heavy (non-hydrogen) atoms. The van der Waals surface area contributed by atoms with E-state index in [0.29, 0.717) is 6.54 Å². The summed E-state index contributed by atoms with van der Waals surface area (Å²) in [5.74, 6) is 0. The normalized spacial score (nSPS) is 7.67. The van der Waals surface area contributed by atoms with Crippen LogP contribution in [0.25, 0.3) is 0 Å². The minimum absolute atomic E-state index is 0. The maximum absolute atomic E-state index is 9.76. The molecule has 56 valence electrons. The Labute approximate surface area is 71.8 Å². The second kappa shape index (κ2) is 8.00. The summed E-state index contributed by atoms with van der Waals surface area (Å²) in [6.07, 6.45) is 1.02. The van der Waals surface area contributed by atoms with Gasteiger partial charge in [-0.25, -0.2) is 4.79 Å². The van der Waals surface area contributed by atoms with E-state index in [2.05, 4.69) is 5.32 Å². The third kappa shape index (κ3) is 11.5. The van der Waals surface area contributed by atoms with Crippen LogP contribution in [-0.4, -0.2) is 17.7 Å². The van der Waals surface area contributed by atoms with Crippen LogP contribution in [0.2, 0.25) is 0 Å². The van der Waals surface area contributed by atoms with Gasteiger partial charge in [-0.3, -0.25) is 0 Å². The van der Waals surface area contributed by atoms with Gasteiger partial charge in [0.2, 0.25) is 0 Å². The van der Waals surface area contributed by atoms with Gasteiger partial charge in [-0.2, -0.15) is 0 Å². The molecule has 0 saturated carbocycles.